The maximum absolute atomic E-state index is 11.2. The molecule has 0 aromatic heterocycles. The molecule has 2 atom stereocenters. The number of rotatable bonds is 4. The normalized spacial score (nSPS) is 37.6. The predicted molar refractivity (Wildman–Crippen MR) is 72.9 cm³/mol. The van der Waals surface area contributed by atoms with Crippen LogP contribution in [0.4, 0.5) is 0 Å². The molecule has 5 heteroatoms. The topological polar surface area (TPSA) is 69.8 Å². The fourth-order valence-corrected chi connectivity index (χ4v) is 3.53. The van der Waals surface area contributed by atoms with Crippen LogP contribution in [0, 0.1) is 5.92 Å². The fraction of sp³-hybridized carbons (Fsp3) is 0.929. The summed E-state index contributed by atoms with van der Waals surface area (Å²) in [4.78, 5) is 16.2. The summed E-state index contributed by atoms with van der Waals surface area (Å²) in [5, 5.41) is 9.19. The maximum atomic E-state index is 11.2. The molecule has 0 aromatic carbocycles. The Bertz CT molecular complexity index is 351. The summed E-state index contributed by atoms with van der Waals surface area (Å²) in [6.45, 7) is 5.70. The number of hydrogen-bond acceptors (Lipinski definition) is 4. The van der Waals surface area contributed by atoms with E-state index in [-0.39, 0.29) is 0 Å². The van der Waals surface area contributed by atoms with Gasteiger partial charge < -0.3 is 15.7 Å². The smallest absolute Gasteiger partial charge is 0.323 e. The monoisotopic (exact) mass is 267 g/mol. The van der Waals surface area contributed by atoms with Crippen molar-refractivity contribution in [3.8, 4) is 0 Å². The Hall–Kier alpha value is -0.650. The van der Waals surface area contributed by atoms with Gasteiger partial charge in [0.1, 0.15) is 5.54 Å². The number of hydrogen-bond donors (Lipinski definition) is 2. The summed E-state index contributed by atoms with van der Waals surface area (Å²) in [5.74, 6) is 0.129. The Kier molecular flexibility index (Phi) is 3.53. The Morgan fingerprint density at radius 1 is 1.21 bits per heavy atom. The molecule has 0 amide bonds. The minimum Gasteiger partial charge on any atom is -0.480 e. The number of carboxylic acid groups (broad SMARTS) is 1. The highest BCUT2D eigenvalue weighted by Gasteiger charge is 2.44. The highest BCUT2D eigenvalue weighted by Crippen LogP contribution is 2.33. The molecule has 1 aliphatic heterocycles. The Balaban J connectivity index is 1.47. The minimum atomic E-state index is -0.976. The van der Waals surface area contributed by atoms with Gasteiger partial charge in [0.25, 0.3) is 0 Å². The van der Waals surface area contributed by atoms with Gasteiger partial charge in [0.05, 0.1) is 0 Å². The highest BCUT2D eigenvalue weighted by molar-refractivity contribution is 5.79. The first-order valence-corrected chi connectivity index (χ1v) is 7.55. The zero-order valence-electron chi connectivity index (χ0n) is 11.6. The molecule has 5 nitrogen and oxygen atoms in total. The van der Waals surface area contributed by atoms with Gasteiger partial charge >= 0.3 is 5.97 Å². The largest absolute Gasteiger partial charge is 0.480 e. The second-order valence-electron chi connectivity index (χ2n) is 6.64. The van der Waals surface area contributed by atoms with E-state index < -0.39 is 11.5 Å². The van der Waals surface area contributed by atoms with Crippen molar-refractivity contribution in [2.75, 3.05) is 32.7 Å². The lowest BCUT2D eigenvalue weighted by atomic mass is 9.99. The third-order valence-electron chi connectivity index (χ3n) is 5.09. The van der Waals surface area contributed by atoms with Gasteiger partial charge in [-0.15, -0.1) is 0 Å². The molecule has 2 saturated carbocycles. The summed E-state index contributed by atoms with van der Waals surface area (Å²) in [6.07, 6.45) is 5.00. The summed E-state index contributed by atoms with van der Waals surface area (Å²) in [7, 11) is 0. The van der Waals surface area contributed by atoms with E-state index >= 15 is 0 Å². The SMILES string of the molecule is NC1(C(=O)O)CCC(N2CCN(CC3CC3)CC2)C1. The molecule has 108 valence electrons. The molecule has 2 unspecified atom stereocenters. The van der Waals surface area contributed by atoms with E-state index in [2.05, 4.69) is 9.80 Å². The van der Waals surface area contributed by atoms with E-state index in [0.29, 0.717) is 18.9 Å². The van der Waals surface area contributed by atoms with Crippen LogP contribution in [0.3, 0.4) is 0 Å². The molecule has 3 N–H and O–H groups in total. The van der Waals surface area contributed by atoms with Crippen molar-refractivity contribution in [1.29, 1.82) is 0 Å². The predicted octanol–water partition coefficient (Wildman–Crippen LogP) is 0.349. The number of carboxylic acids is 1. The maximum Gasteiger partial charge on any atom is 0.323 e. The van der Waals surface area contributed by atoms with E-state index in [1.165, 1.54) is 19.4 Å². The second-order valence-corrected chi connectivity index (χ2v) is 6.64. The van der Waals surface area contributed by atoms with E-state index in [9.17, 15) is 9.90 Å². The minimum absolute atomic E-state index is 0.379. The first-order valence-electron chi connectivity index (χ1n) is 7.55. The number of carbonyl (C=O) groups is 1. The summed E-state index contributed by atoms with van der Waals surface area (Å²) in [6, 6.07) is 0.379. The first kappa shape index (κ1) is 13.3. The highest BCUT2D eigenvalue weighted by atomic mass is 16.4. The van der Waals surface area contributed by atoms with Crippen molar-refractivity contribution in [3.63, 3.8) is 0 Å². The van der Waals surface area contributed by atoms with Crippen LogP contribution in [-0.4, -0.2) is 65.2 Å². The molecule has 1 saturated heterocycles. The molecule has 0 radical (unpaired) electrons. The average molecular weight is 267 g/mol. The van der Waals surface area contributed by atoms with Gasteiger partial charge in [0, 0.05) is 38.8 Å². The van der Waals surface area contributed by atoms with Crippen molar-refractivity contribution in [1.82, 2.24) is 9.80 Å². The van der Waals surface area contributed by atoms with Crippen LogP contribution in [0.5, 0.6) is 0 Å². The van der Waals surface area contributed by atoms with Gasteiger partial charge in [-0.2, -0.15) is 0 Å². The lowest BCUT2D eigenvalue weighted by molar-refractivity contribution is -0.143. The van der Waals surface area contributed by atoms with Crippen LogP contribution >= 0.6 is 0 Å². The van der Waals surface area contributed by atoms with Crippen LogP contribution in [-0.2, 0) is 4.79 Å². The molecule has 2 aliphatic carbocycles. The zero-order valence-corrected chi connectivity index (χ0v) is 11.6. The quantitative estimate of drug-likeness (QED) is 0.769. The molecular weight excluding hydrogens is 242 g/mol. The van der Waals surface area contributed by atoms with Crippen molar-refractivity contribution in [2.45, 2.75) is 43.7 Å². The van der Waals surface area contributed by atoms with Gasteiger partial charge in [-0.1, -0.05) is 0 Å². The fourth-order valence-electron chi connectivity index (χ4n) is 3.53. The Labute approximate surface area is 114 Å². The van der Waals surface area contributed by atoms with Crippen LogP contribution in [0.1, 0.15) is 32.1 Å². The lowest BCUT2D eigenvalue weighted by Gasteiger charge is -2.38. The van der Waals surface area contributed by atoms with E-state index in [1.807, 2.05) is 0 Å². The van der Waals surface area contributed by atoms with Crippen LogP contribution in [0.25, 0.3) is 0 Å². The van der Waals surface area contributed by atoms with Crippen molar-refractivity contribution in [2.24, 2.45) is 11.7 Å². The van der Waals surface area contributed by atoms with E-state index in [0.717, 1.165) is 38.5 Å². The second kappa shape index (κ2) is 5.04. The van der Waals surface area contributed by atoms with E-state index in [1.54, 1.807) is 0 Å². The van der Waals surface area contributed by atoms with E-state index in [4.69, 9.17) is 5.73 Å². The number of nitrogens with two attached hydrogens (primary N) is 1. The van der Waals surface area contributed by atoms with Crippen LogP contribution in [0.2, 0.25) is 0 Å². The summed E-state index contributed by atoms with van der Waals surface area (Å²) < 4.78 is 0. The van der Waals surface area contributed by atoms with Gasteiger partial charge in [-0.25, -0.2) is 0 Å². The van der Waals surface area contributed by atoms with Crippen molar-refractivity contribution >= 4 is 5.97 Å². The van der Waals surface area contributed by atoms with Gasteiger partial charge in [-0.3, -0.25) is 9.69 Å². The third kappa shape index (κ3) is 2.93. The summed E-state index contributed by atoms with van der Waals surface area (Å²) in [5.41, 5.74) is 4.99. The zero-order chi connectivity index (χ0) is 13.5. The first-order chi connectivity index (χ1) is 9.07. The van der Waals surface area contributed by atoms with Gasteiger partial charge in [-0.05, 0) is 38.0 Å². The Morgan fingerprint density at radius 2 is 1.89 bits per heavy atom. The molecule has 19 heavy (non-hydrogen) atoms. The van der Waals surface area contributed by atoms with Gasteiger partial charge in [0.15, 0.2) is 0 Å². The molecule has 3 rings (SSSR count). The molecule has 0 aromatic rings. The molecular formula is C14H25N3O2. The molecule has 3 fully saturated rings. The summed E-state index contributed by atoms with van der Waals surface area (Å²) >= 11 is 0. The number of nitrogens with zero attached hydrogens (tertiary/aromatic N) is 2. The van der Waals surface area contributed by atoms with Gasteiger partial charge in [0.2, 0.25) is 0 Å². The van der Waals surface area contributed by atoms with Crippen molar-refractivity contribution < 1.29 is 9.90 Å². The molecule has 3 aliphatic rings. The lowest BCUT2D eigenvalue weighted by Crippen LogP contribution is -2.52. The number of piperazine rings is 1. The van der Waals surface area contributed by atoms with Crippen LogP contribution in [0.15, 0.2) is 0 Å². The third-order valence-corrected chi connectivity index (χ3v) is 5.09. The Morgan fingerprint density at radius 3 is 2.42 bits per heavy atom. The average Bonchev–Trinajstić information content (AvgIpc) is 3.11. The van der Waals surface area contributed by atoms with Crippen LogP contribution < -0.4 is 5.73 Å². The molecule has 0 spiro atoms. The number of aliphatic carboxylic acids is 1. The van der Waals surface area contributed by atoms with Crippen molar-refractivity contribution in [3.05, 3.63) is 0 Å². The molecule has 1 heterocycles. The standard InChI is InChI=1S/C14H25N3O2/c15-14(13(18)19)4-3-12(9-14)17-7-5-16(6-8-17)10-11-1-2-11/h11-12H,1-10,15H2,(H,18,19). The molecule has 0 bridgehead atoms.